The molecule has 0 heterocycles. The summed E-state index contributed by atoms with van der Waals surface area (Å²) in [4.78, 5) is 23.3. The average Bonchev–Trinajstić information content (AvgIpc) is 2.46. The van der Waals surface area contributed by atoms with Crippen molar-refractivity contribution >= 4 is 17.6 Å². The van der Waals surface area contributed by atoms with Crippen LogP contribution in [-0.4, -0.2) is 11.9 Å². The number of amides is 3. The second-order valence-electron chi connectivity index (χ2n) is 4.21. The second-order valence-corrected chi connectivity index (χ2v) is 4.21. The van der Waals surface area contributed by atoms with Gasteiger partial charge in [-0.2, -0.15) is 0 Å². The highest BCUT2D eigenvalue weighted by atomic mass is 16.2. The van der Waals surface area contributed by atoms with Crippen LogP contribution in [0.25, 0.3) is 0 Å². The first-order valence-corrected chi connectivity index (χ1v) is 6.13. The summed E-state index contributed by atoms with van der Waals surface area (Å²) in [5, 5.41) is 5.18. The fraction of sp³-hybridized carbons (Fsp3) is 0.0667. The van der Waals surface area contributed by atoms with E-state index in [4.69, 9.17) is 5.73 Å². The van der Waals surface area contributed by atoms with Crippen molar-refractivity contribution in [3.05, 3.63) is 66.2 Å². The van der Waals surface area contributed by atoms with Gasteiger partial charge < -0.3 is 16.4 Å². The Morgan fingerprint density at radius 1 is 0.900 bits per heavy atom. The Morgan fingerprint density at radius 2 is 1.45 bits per heavy atom. The quantitative estimate of drug-likeness (QED) is 0.793. The summed E-state index contributed by atoms with van der Waals surface area (Å²) in [6.45, 7) is 0. The Bertz CT molecular complexity index is 585. The maximum atomic E-state index is 12.3. The smallest absolute Gasteiger partial charge is 0.313 e. The number of urea groups is 1. The zero-order valence-corrected chi connectivity index (χ0v) is 10.7. The monoisotopic (exact) mass is 269 g/mol. The molecule has 5 heteroatoms. The molecule has 2 aromatic rings. The molecule has 20 heavy (non-hydrogen) atoms. The van der Waals surface area contributed by atoms with E-state index < -0.39 is 12.1 Å². The predicted octanol–water partition coefficient (Wildman–Crippen LogP) is 2.03. The highest BCUT2D eigenvalue weighted by molar-refractivity contribution is 5.97. The highest BCUT2D eigenvalue weighted by Gasteiger charge is 2.21. The third kappa shape index (κ3) is 3.58. The summed E-state index contributed by atoms with van der Waals surface area (Å²) < 4.78 is 0. The van der Waals surface area contributed by atoms with Crippen LogP contribution in [0.4, 0.5) is 10.5 Å². The van der Waals surface area contributed by atoms with Gasteiger partial charge in [-0.05, 0) is 17.7 Å². The number of hydrogen-bond acceptors (Lipinski definition) is 2. The van der Waals surface area contributed by atoms with E-state index in [9.17, 15) is 9.59 Å². The molecule has 2 rings (SSSR count). The van der Waals surface area contributed by atoms with Crippen molar-refractivity contribution in [1.29, 1.82) is 0 Å². The van der Waals surface area contributed by atoms with E-state index in [-0.39, 0.29) is 5.91 Å². The minimum absolute atomic E-state index is 0.346. The first-order valence-electron chi connectivity index (χ1n) is 6.13. The zero-order valence-electron chi connectivity index (χ0n) is 10.7. The van der Waals surface area contributed by atoms with E-state index in [2.05, 4.69) is 10.6 Å². The van der Waals surface area contributed by atoms with Gasteiger partial charge in [-0.3, -0.25) is 4.79 Å². The number of para-hydroxylation sites is 1. The van der Waals surface area contributed by atoms with Crippen molar-refractivity contribution in [3.8, 4) is 0 Å². The minimum Gasteiger partial charge on any atom is -0.352 e. The summed E-state index contributed by atoms with van der Waals surface area (Å²) in [7, 11) is 0. The summed E-state index contributed by atoms with van der Waals surface area (Å²) in [6.07, 6.45) is 0. The Morgan fingerprint density at radius 3 is 2.00 bits per heavy atom. The van der Waals surface area contributed by atoms with Gasteiger partial charge in [-0.1, -0.05) is 48.5 Å². The van der Waals surface area contributed by atoms with Gasteiger partial charge in [-0.25, -0.2) is 4.79 Å². The Balaban J connectivity index is 2.18. The van der Waals surface area contributed by atoms with Crippen molar-refractivity contribution < 1.29 is 9.59 Å². The SMILES string of the molecule is NC(=O)NC(C(=O)Nc1ccccc1)c1ccccc1. The lowest BCUT2D eigenvalue weighted by Gasteiger charge is -2.17. The zero-order chi connectivity index (χ0) is 14.4. The molecule has 0 aliphatic rings. The van der Waals surface area contributed by atoms with E-state index in [1.54, 1.807) is 36.4 Å². The maximum absolute atomic E-state index is 12.3. The molecule has 1 unspecified atom stereocenters. The minimum atomic E-state index is -0.825. The number of primary amides is 1. The number of nitrogens with one attached hydrogen (secondary N) is 2. The maximum Gasteiger partial charge on any atom is 0.313 e. The standard InChI is InChI=1S/C15H15N3O2/c16-15(20)18-13(11-7-3-1-4-8-11)14(19)17-12-9-5-2-6-10-12/h1-10,13H,(H,17,19)(H3,16,18,20). The van der Waals surface area contributed by atoms with Gasteiger partial charge in [0, 0.05) is 5.69 Å². The van der Waals surface area contributed by atoms with E-state index in [1.165, 1.54) is 0 Å². The van der Waals surface area contributed by atoms with Crippen LogP contribution in [0.3, 0.4) is 0 Å². The molecule has 0 saturated heterocycles. The van der Waals surface area contributed by atoms with Crippen LogP contribution < -0.4 is 16.4 Å². The molecule has 0 bridgehead atoms. The summed E-state index contributed by atoms with van der Waals surface area (Å²) >= 11 is 0. The molecule has 3 amide bonds. The second kappa shape index (κ2) is 6.38. The molecule has 0 aromatic heterocycles. The molecule has 0 aliphatic carbocycles. The van der Waals surface area contributed by atoms with Crippen LogP contribution in [0.2, 0.25) is 0 Å². The van der Waals surface area contributed by atoms with Crippen LogP contribution in [0.15, 0.2) is 60.7 Å². The van der Waals surface area contributed by atoms with Crippen LogP contribution in [0.1, 0.15) is 11.6 Å². The molecule has 0 spiro atoms. The predicted molar refractivity (Wildman–Crippen MR) is 77.0 cm³/mol. The van der Waals surface area contributed by atoms with Crippen molar-refractivity contribution in [2.75, 3.05) is 5.32 Å². The van der Waals surface area contributed by atoms with Gasteiger partial charge in [0.2, 0.25) is 0 Å². The van der Waals surface area contributed by atoms with E-state index in [0.717, 1.165) is 0 Å². The summed E-state index contributed by atoms with van der Waals surface area (Å²) in [5.74, 6) is -0.346. The number of hydrogen-bond donors (Lipinski definition) is 3. The number of carbonyl (C=O) groups excluding carboxylic acids is 2. The molecular formula is C15H15N3O2. The van der Waals surface area contributed by atoms with Gasteiger partial charge in [0.05, 0.1) is 0 Å². The largest absolute Gasteiger partial charge is 0.352 e. The number of rotatable bonds is 4. The fourth-order valence-electron chi connectivity index (χ4n) is 1.82. The molecule has 0 aliphatic heterocycles. The molecule has 0 fully saturated rings. The molecule has 2 aromatic carbocycles. The molecular weight excluding hydrogens is 254 g/mol. The number of carbonyl (C=O) groups is 2. The van der Waals surface area contributed by atoms with E-state index in [0.29, 0.717) is 11.3 Å². The lowest BCUT2D eigenvalue weighted by Crippen LogP contribution is -2.39. The van der Waals surface area contributed by atoms with E-state index in [1.807, 2.05) is 24.3 Å². The third-order valence-electron chi connectivity index (χ3n) is 2.72. The van der Waals surface area contributed by atoms with Crippen molar-refractivity contribution in [1.82, 2.24) is 5.32 Å². The summed E-state index contributed by atoms with van der Waals surface area (Å²) in [5.41, 5.74) is 6.46. The Labute approximate surface area is 116 Å². The first-order chi connectivity index (χ1) is 9.66. The van der Waals surface area contributed by atoms with Crippen molar-refractivity contribution in [2.24, 2.45) is 5.73 Å². The average molecular weight is 269 g/mol. The lowest BCUT2D eigenvalue weighted by atomic mass is 10.1. The van der Waals surface area contributed by atoms with Crippen molar-refractivity contribution in [3.63, 3.8) is 0 Å². The molecule has 1 atom stereocenters. The van der Waals surface area contributed by atoms with Gasteiger partial charge in [0.25, 0.3) is 5.91 Å². The van der Waals surface area contributed by atoms with Crippen LogP contribution in [0.5, 0.6) is 0 Å². The van der Waals surface area contributed by atoms with Crippen LogP contribution in [0, 0.1) is 0 Å². The first kappa shape index (κ1) is 13.6. The molecule has 0 saturated carbocycles. The van der Waals surface area contributed by atoms with Gasteiger partial charge >= 0.3 is 6.03 Å². The molecule has 4 N–H and O–H groups in total. The Kier molecular flexibility index (Phi) is 4.34. The topological polar surface area (TPSA) is 84.2 Å². The molecule has 102 valence electrons. The van der Waals surface area contributed by atoms with Crippen molar-refractivity contribution in [2.45, 2.75) is 6.04 Å². The number of anilines is 1. The van der Waals surface area contributed by atoms with Crippen LogP contribution in [-0.2, 0) is 4.79 Å². The normalized spacial score (nSPS) is 11.4. The highest BCUT2D eigenvalue weighted by Crippen LogP contribution is 2.15. The van der Waals surface area contributed by atoms with Gasteiger partial charge in [0.15, 0.2) is 0 Å². The van der Waals surface area contributed by atoms with E-state index >= 15 is 0 Å². The van der Waals surface area contributed by atoms with Crippen LogP contribution >= 0.6 is 0 Å². The fourth-order valence-corrected chi connectivity index (χ4v) is 1.82. The number of benzene rings is 2. The van der Waals surface area contributed by atoms with Gasteiger partial charge in [0.1, 0.15) is 6.04 Å². The van der Waals surface area contributed by atoms with Gasteiger partial charge in [-0.15, -0.1) is 0 Å². The Hall–Kier alpha value is -2.82. The summed E-state index contributed by atoms with van der Waals surface area (Å²) in [6, 6.07) is 16.4. The third-order valence-corrected chi connectivity index (χ3v) is 2.72. The molecule has 0 radical (unpaired) electrons. The number of nitrogens with two attached hydrogens (primary N) is 1. The molecule has 5 nitrogen and oxygen atoms in total. The lowest BCUT2D eigenvalue weighted by molar-refractivity contribution is -0.118.